The number of rotatable bonds is 2. The maximum atomic E-state index is 13.6. The van der Waals surface area contributed by atoms with Crippen molar-refractivity contribution in [1.82, 2.24) is 0 Å². The quantitative estimate of drug-likeness (QED) is 0.665. The molecule has 1 fully saturated rings. The lowest BCUT2D eigenvalue weighted by Crippen LogP contribution is -2.49. The normalized spacial score (nSPS) is 35.8. The first kappa shape index (κ1) is 12.6. The maximum Gasteiger partial charge on any atom is 0.525 e. The highest BCUT2D eigenvalue weighted by Gasteiger charge is 2.68. The molecule has 0 spiro atoms. The fourth-order valence-corrected chi connectivity index (χ4v) is 1.80. The van der Waals surface area contributed by atoms with Gasteiger partial charge in [0.05, 0.1) is 0 Å². The van der Waals surface area contributed by atoms with Crippen LogP contribution in [0.15, 0.2) is 0 Å². The minimum atomic E-state index is -5.39. The molecule has 0 radical (unpaired) electrons. The van der Waals surface area contributed by atoms with Gasteiger partial charge in [-0.25, -0.2) is 17.9 Å². The smallest absolute Gasteiger partial charge is 0.248 e. The minimum absolute atomic E-state index is 0.123. The Kier molecular flexibility index (Phi) is 2.97. The summed E-state index contributed by atoms with van der Waals surface area (Å²) < 4.78 is 77.9. The van der Waals surface area contributed by atoms with Crippen LogP contribution in [0.1, 0.15) is 26.2 Å². The van der Waals surface area contributed by atoms with Crippen molar-refractivity contribution in [3.63, 3.8) is 0 Å². The summed E-state index contributed by atoms with van der Waals surface area (Å²) in [6, 6.07) is 0. The van der Waals surface area contributed by atoms with E-state index in [0.29, 0.717) is 0 Å². The Labute approximate surface area is 82.4 Å². The third kappa shape index (κ3) is 2.21. The van der Waals surface area contributed by atoms with E-state index in [-0.39, 0.29) is 12.8 Å². The summed E-state index contributed by atoms with van der Waals surface area (Å²) in [6.45, 7) is 1.35. The van der Waals surface area contributed by atoms with Gasteiger partial charge in [0.1, 0.15) is 0 Å². The molecule has 1 nitrogen and oxygen atoms in total. The van der Waals surface area contributed by atoms with Gasteiger partial charge in [-0.3, -0.25) is 0 Å². The minimum Gasteiger partial charge on any atom is -0.248 e. The topological polar surface area (TPSA) is 9.23 Å². The van der Waals surface area contributed by atoms with Gasteiger partial charge in [-0.15, -0.1) is 13.2 Å². The van der Waals surface area contributed by atoms with E-state index in [1.165, 1.54) is 6.92 Å². The van der Waals surface area contributed by atoms with Crippen LogP contribution in [0.25, 0.3) is 0 Å². The largest absolute Gasteiger partial charge is 0.525 e. The van der Waals surface area contributed by atoms with Gasteiger partial charge >= 0.3 is 12.3 Å². The fraction of sp³-hybridized carbons (Fsp3) is 1.00. The van der Waals surface area contributed by atoms with Crippen molar-refractivity contribution in [2.24, 2.45) is 5.92 Å². The first-order valence-corrected chi connectivity index (χ1v) is 4.46. The van der Waals surface area contributed by atoms with E-state index in [4.69, 9.17) is 0 Å². The number of halogens is 6. The van der Waals surface area contributed by atoms with Gasteiger partial charge in [0.2, 0.25) is 0 Å². The molecule has 1 saturated carbocycles. The maximum absolute atomic E-state index is 13.6. The van der Waals surface area contributed by atoms with Gasteiger partial charge < -0.3 is 0 Å². The number of ether oxygens (including phenoxy) is 1. The van der Waals surface area contributed by atoms with Gasteiger partial charge in [0.25, 0.3) is 5.85 Å². The molecule has 90 valence electrons. The summed E-state index contributed by atoms with van der Waals surface area (Å²) in [5.41, 5.74) is 0. The molecule has 0 aliphatic heterocycles. The van der Waals surface area contributed by atoms with E-state index in [0.717, 1.165) is 0 Å². The lowest BCUT2D eigenvalue weighted by Gasteiger charge is -2.31. The number of alkyl halides is 6. The Morgan fingerprint density at radius 1 is 1.27 bits per heavy atom. The highest BCUT2D eigenvalue weighted by atomic mass is 19.4. The van der Waals surface area contributed by atoms with E-state index in [2.05, 4.69) is 4.74 Å². The van der Waals surface area contributed by atoms with E-state index in [9.17, 15) is 26.3 Å². The number of hydrogen-bond acceptors (Lipinski definition) is 1. The second kappa shape index (κ2) is 3.54. The Balaban J connectivity index is 2.94. The first-order valence-electron chi connectivity index (χ1n) is 4.46. The van der Waals surface area contributed by atoms with Crippen LogP contribution < -0.4 is 0 Å². The van der Waals surface area contributed by atoms with Crippen LogP contribution in [-0.4, -0.2) is 18.1 Å². The van der Waals surface area contributed by atoms with Crippen molar-refractivity contribution >= 4 is 0 Å². The standard InChI is InChI=1S/C8H10F6O/c1-2-5-3-4-6(9,10)7(5,11)15-8(12,13)14/h5H,2-4H2,1H3. The summed E-state index contributed by atoms with van der Waals surface area (Å²) in [5, 5.41) is 0. The molecule has 0 aromatic heterocycles. The van der Waals surface area contributed by atoms with Crippen LogP contribution in [0.5, 0.6) is 0 Å². The second-order valence-corrected chi connectivity index (χ2v) is 3.54. The van der Waals surface area contributed by atoms with Gasteiger partial charge in [0.15, 0.2) is 0 Å². The Morgan fingerprint density at radius 2 is 1.80 bits per heavy atom. The Morgan fingerprint density at radius 3 is 2.20 bits per heavy atom. The summed E-state index contributed by atoms with van der Waals surface area (Å²) >= 11 is 0. The molecule has 1 rings (SSSR count). The molecule has 0 aromatic carbocycles. The molecule has 7 heteroatoms. The van der Waals surface area contributed by atoms with Crippen LogP contribution in [0.2, 0.25) is 0 Å². The average molecular weight is 236 g/mol. The summed E-state index contributed by atoms with van der Waals surface area (Å²) in [5.74, 6) is -9.42. The van der Waals surface area contributed by atoms with Crippen LogP contribution in [-0.2, 0) is 4.74 Å². The molecule has 0 N–H and O–H groups in total. The molecule has 1 aliphatic carbocycles. The van der Waals surface area contributed by atoms with E-state index in [1.54, 1.807) is 0 Å². The van der Waals surface area contributed by atoms with Crippen LogP contribution in [0.3, 0.4) is 0 Å². The lowest BCUT2D eigenvalue weighted by molar-refractivity contribution is -0.431. The van der Waals surface area contributed by atoms with Crippen LogP contribution >= 0.6 is 0 Å². The summed E-state index contributed by atoms with van der Waals surface area (Å²) in [4.78, 5) is 0. The summed E-state index contributed by atoms with van der Waals surface area (Å²) in [6.07, 6.45) is -6.74. The zero-order chi connectivity index (χ0) is 11.9. The SMILES string of the molecule is CCC1CCC(F)(F)C1(F)OC(F)(F)F. The fourth-order valence-electron chi connectivity index (χ4n) is 1.80. The lowest BCUT2D eigenvalue weighted by atomic mass is 10.00. The van der Waals surface area contributed by atoms with Gasteiger partial charge in [-0.1, -0.05) is 6.92 Å². The van der Waals surface area contributed by atoms with Crippen LogP contribution in [0.4, 0.5) is 26.3 Å². The predicted octanol–water partition coefficient (Wildman–Crippen LogP) is 3.64. The molecular weight excluding hydrogens is 226 g/mol. The molecule has 15 heavy (non-hydrogen) atoms. The molecule has 0 heterocycles. The molecule has 0 aromatic rings. The number of hydrogen-bond donors (Lipinski definition) is 0. The first-order chi connectivity index (χ1) is 6.62. The molecule has 0 bridgehead atoms. The van der Waals surface area contributed by atoms with E-state index < -0.39 is 30.5 Å². The Hall–Kier alpha value is -0.460. The summed E-state index contributed by atoms with van der Waals surface area (Å²) in [7, 11) is 0. The van der Waals surface area contributed by atoms with Crippen molar-refractivity contribution in [3.8, 4) is 0 Å². The van der Waals surface area contributed by atoms with Gasteiger partial charge in [-0.05, 0) is 12.8 Å². The third-order valence-corrected chi connectivity index (χ3v) is 2.59. The van der Waals surface area contributed by atoms with Gasteiger partial charge in [0, 0.05) is 12.3 Å². The molecular formula is C8H10F6O. The Bertz CT molecular complexity index is 238. The molecule has 1 aliphatic rings. The van der Waals surface area contributed by atoms with Crippen molar-refractivity contribution < 1.29 is 31.1 Å². The third-order valence-electron chi connectivity index (χ3n) is 2.59. The molecule has 2 atom stereocenters. The van der Waals surface area contributed by atoms with Gasteiger partial charge in [-0.2, -0.15) is 0 Å². The van der Waals surface area contributed by atoms with Crippen molar-refractivity contribution in [2.75, 3.05) is 0 Å². The van der Waals surface area contributed by atoms with E-state index >= 15 is 0 Å². The second-order valence-electron chi connectivity index (χ2n) is 3.54. The monoisotopic (exact) mass is 236 g/mol. The molecule has 0 amide bonds. The zero-order valence-electron chi connectivity index (χ0n) is 7.87. The molecule has 0 saturated heterocycles. The van der Waals surface area contributed by atoms with Crippen molar-refractivity contribution in [1.29, 1.82) is 0 Å². The highest BCUT2D eigenvalue weighted by molar-refractivity contribution is 4.98. The highest BCUT2D eigenvalue weighted by Crippen LogP contribution is 2.54. The van der Waals surface area contributed by atoms with Crippen molar-refractivity contribution in [2.45, 2.75) is 44.3 Å². The van der Waals surface area contributed by atoms with E-state index in [1.807, 2.05) is 0 Å². The van der Waals surface area contributed by atoms with Crippen LogP contribution in [0, 0.1) is 5.92 Å². The van der Waals surface area contributed by atoms with Crippen molar-refractivity contribution in [3.05, 3.63) is 0 Å². The average Bonchev–Trinajstić information content (AvgIpc) is 2.20. The predicted molar refractivity (Wildman–Crippen MR) is 38.9 cm³/mol. The zero-order valence-corrected chi connectivity index (χ0v) is 7.87. The molecule has 2 unspecified atom stereocenters.